The van der Waals surface area contributed by atoms with Crippen molar-refractivity contribution in [3.05, 3.63) is 22.8 Å². The van der Waals surface area contributed by atoms with E-state index in [9.17, 15) is 0 Å². The van der Waals surface area contributed by atoms with Crippen LogP contribution in [-0.2, 0) is 0 Å². The smallest absolute Gasteiger partial charge is 0.0729 e. The Morgan fingerprint density at radius 2 is 2.22 bits per heavy atom. The maximum atomic E-state index is 5.82. The third-order valence-corrected chi connectivity index (χ3v) is 2.22. The van der Waals surface area contributed by atoms with Crippen molar-refractivity contribution >= 4 is 23.2 Å². The minimum absolute atomic E-state index is 0.0108. The Hall–Kier alpha value is 0.0600. The van der Waals surface area contributed by atoms with Crippen LogP contribution < -0.4 is 0 Å². The number of hydrogen-bond acceptors (Lipinski definition) is 0. The lowest BCUT2D eigenvalue weighted by Gasteiger charge is -2.11. The summed E-state index contributed by atoms with van der Waals surface area (Å²) in [5, 5.41) is 0.763. The molecule has 0 bridgehead atoms. The average Bonchev–Trinajstić information content (AvgIpc) is 1.80. The van der Waals surface area contributed by atoms with Crippen LogP contribution in [0.25, 0.3) is 0 Å². The van der Waals surface area contributed by atoms with E-state index < -0.39 is 0 Å². The monoisotopic (exact) mass is 162 g/mol. The predicted molar refractivity (Wildman–Crippen MR) is 42.0 cm³/mol. The highest BCUT2D eigenvalue weighted by atomic mass is 35.5. The van der Waals surface area contributed by atoms with Crippen molar-refractivity contribution in [1.82, 2.24) is 0 Å². The molecule has 9 heavy (non-hydrogen) atoms. The second kappa shape index (κ2) is 2.76. The standard InChI is InChI=1S/C7H8Cl2/c1-5-2-3-6(8)7(9)4-5/h2-3,7H,4H2,1H3/t7-/m1/s1. The maximum Gasteiger partial charge on any atom is 0.0729 e. The minimum atomic E-state index is 0.0108. The van der Waals surface area contributed by atoms with Crippen LogP contribution in [0.1, 0.15) is 13.3 Å². The lowest BCUT2D eigenvalue weighted by Crippen LogP contribution is -2.02. The molecule has 1 aliphatic rings. The molecule has 1 aliphatic carbocycles. The van der Waals surface area contributed by atoms with Gasteiger partial charge in [-0.2, -0.15) is 0 Å². The van der Waals surface area contributed by atoms with Crippen LogP contribution in [0.2, 0.25) is 0 Å². The van der Waals surface area contributed by atoms with E-state index in [1.807, 2.05) is 12.2 Å². The first-order valence-corrected chi connectivity index (χ1v) is 3.68. The Labute approximate surface area is 65.2 Å². The SMILES string of the molecule is CC1=CC=C(Cl)[C@H](Cl)C1. The molecule has 0 fully saturated rings. The van der Waals surface area contributed by atoms with E-state index in [0.717, 1.165) is 11.5 Å². The van der Waals surface area contributed by atoms with Gasteiger partial charge < -0.3 is 0 Å². The zero-order valence-corrected chi connectivity index (χ0v) is 6.71. The number of hydrogen-bond donors (Lipinski definition) is 0. The highest BCUT2D eigenvalue weighted by Gasteiger charge is 2.11. The van der Waals surface area contributed by atoms with Gasteiger partial charge in [-0.15, -0.1) is 11.6 Å². The molecular formula is C7H8Cl2. The first kappa shape index (κ1) is 7.17. The molecule has 0 N–H and O–H groups in total. The Morgan fingerprint density at radius 3 is 2.67 bits per heavy atom. The molecule has 0 radical (unpaired) electrons. The van der Waals surface area contributed by atoms with Crippen molar-refractivity contribution in [3.8, 4) is 0 Å². The molecule has 0 aromatic carbocycles. The van der Waals surface area contributed by atoms with E-state index in [1.165, 1.54) is 5.57 Å². The Morgan fingerprint density at radius 1 is 1.56 bits per heavy atom. The third-order valence-electron chi connectivity index (χ3n) is 1.33. The van der Waals surface area contributed by atoms with E-state index in [0.29, 0.717) is 0 Å². The molecule has 0 spiro atoms. The van der Waals surface area contributed by atoms with Crippen molar-refractivity contribution in [2.24, 2.45) is 0 Å². The van der Waals surface area contributed by atoms with Gasteiger partial charge >= 0.3 is 0 Å². The summed E-state index contributed by atoms with van der Waals surface area (Å²) in [4.78, 5) is 0. The molecule has 0 heterocycles. The zero-order chi connectivity index (χ0) is 6.85. The molecule has 0 saturated heterocycles. The molecule has 0 saturated carbocycles. The van der Waals surface area contributed by atoms with Gasteiger partial charge in [0.1, 0.15) is 0 Å². The van der Waals surface area contributed by atoms with Crippen molar-refractivity contribution in [2.45, 2.75) is 18.7 Å². The van der Waals surface area contributed by atoms with Crippen LogP contribution >= 0.6 is 23.2 Å². The molecule has 2 heteroatoms. The minimum Gasteiger partial charge on any atom is -0.116 e. The molecule has 0 amide bonds. The van der Waals surface area contributed by atoms with Gasteiger partial charge in [-0.25, -0.2) is 0 Å². The van der Waals surface area contributed by atoms with Gasteiger partial charge in [-0.1, -0.05) is 23.3 Å². The Bertz CT molecular complexity index is 168. The lowest BCUT2D eigenvalue weighted by atomic mass is 10.1. The van der Waals surface area contributed by atoms with E-state index in [1.54, 1.807) is 0 Å². The predicted octanol–water partition coefficient (Wildman–Crippen LogP) is 3.07. The van der Waals surface area contributed by atoms with Gasteiger partial charge in [0.15, 0.2) is 0 Å². The fourth-order valence-corrected chi connectivity index (χ4v) is 1.23. The fraction of sp³-hybridized carbons (Fsp3) is 0.429. The summed E-state index contributed by atoms with van der Waals surface area (Å²) in [6.45, 7) is 2.05. The van der Waals surface area contributed by atoms with Gasteiger partial charge in [0, 0.05) is 5.03 Å². The first-order valence-electron chi connectivity index (χ1n) is 2.87. The summed E-state index contributed by atoms with van der Waals surface area (Å²) in [5.74, 6) is 0. The van der Waals surface area contributed by atoms with Gasteiger partial charge in [0.25, 0.3) is 0 Å². The van der Waals surface area contributed by atoms with Crippen LogP contribution in [0.3, 0.4) is 0 Å². The summed E-state index contributed by atoms with van der Waals surface area (Å²) < 4.78 is 0. The summed E-state index contributed by atoms with van der Waals surface area (Å²) in [7, 11) is 0. The molecule has 0 aromatic rings. The Balaban J connectivity index is 2.74. The van der Waals surface area contributed by atoms with Crippen LogP contribution in [0.4, 0.5) is 0 Å². The average molecular weight is 163 g/mol. The maximum absolute atomic E-state index is 5.82. The number of allylic oxidation sites excluding steroid dienone is 4. The van der Waals surface area contributed by atoms with Gasteiger partial charge in [0.05, 0.1) is 5.38 Å². The highest BCUT2D eigenvalue weighted by Crippen LogP contribution is 2.25. The molecule has 0 aromatic heterocycles. The lowest BCUT2D eigenvalue weighted by molar-refractivity contribution is 0.955. The van der Waals surface area contributed by atoms with Gasteiger partial charge in [0.2, 0.25) is 0 Å². The number of alkyl halides is 1. The summed E-state index contributed by atoms with van der Waals surface area (Å²) in [6, 6.07) is 0. The van der Waals surface area contributed by atoms with E-state index >= 15 is 0 Å². The molecule has 1 atom stereocenters. The van der Waals surface area contributed by atoms with E-state index in [-0.39, 0.29) is 5.38 Å². The molecule has 1 rings (SSSR count). The van der Waals surface area contributed by atoms with Crippen molar-refractivity contribution in [1.29, 1.82) is 0 Å². The molecule has 0 unspecified atom stereocenters. The van der Waals surface area contributed by atoms with Crippen molar-refractivity contribution in [2.75, 3.05) is 0 Å². The van der Waals surface area contributed by atoms with Gasteiger partial charge in [-0.3, -0.25) is 0 Å². The number of halogens is 2. The molecule has 50 valence electrons. The third kappa shape index (κ3) is 1.74. The van der Waals surface area contributed by atoms with Crippen molar-refractivity contribution < 1.29 is 0 Å². The number of rotatable bonds is 0. The van der Waals surface area contributed by atoms with Crippen LogP contribution in [0, 0.1) is 0 Å². The fourth-order valence-electron chi connectivity index (χ4n) is 0.775. The molecule has 0 nitrogen and oxygen atoms in total. The summed E-state index contributed by atoms with van der Waals surface area (Å²) >= 11 is 11.5. The van der Waals surface area contributed by atoms with Crippen LogP contribution in [0.5, 0.6) is 0 Å². The van der Waals surface area contributed by atoms with E-state index in [2.05, 4.69) is 6.92 Å². The van der Waals surface area contributed by atoms with Gasteiger partial charge in [-0.05, 0) is 19.4 Å². The highest BCUT2D eigenvalue weighted by molar-refractivity contribution is 6.37. The van der Waals surface area contributed by atoms with Crippen LogP contribution in [-0.4, -0.2) is 5.38 Å². The second-order valence-corrected chi connectivity index (χ2v) is 3.20. The second-order valence-electron chi connectivity index (χ2n) is 2.24. The topological polar surface area (TPSA) is 0 Å². The summed E-state index contributed by atoms with van der Waals surface area (Å²) in [6.07, 6.45) is 4.75. The quantitative estimate of drug-likeness (QED) is 0.481. The molecular weight excluding hydrogens is 155 g/mol. The largest absolute Gasteiger partial charge is 0.116 e. The van der Waals surface area contributed by atoms with Crippen molar-refractivity contribution in [3.63, 3.8) is 0 Å². The first-order chi connectivity index (χ1) is 4.20. The van der Waals surface area contributed by atoms with Crippen LogP contribution in [0.15, 0.2) is 22.8 Å². The normalized spacial score (nSPS) is 27.2. The van der Waals surface area contributed by atoms with E-state index in [4.69, 9.17) is 23.2 Å². The zero-order valence-electron chi connectivity index (χ0n) is 5.20. The molecule has 0 aliphatic heterocycles. The summed E-state index contributed by atoms with van der Waals surface area (Å²) in [5.41, 5.74) is 1.29. The Kier molecular flexibility index (Phi) is 2.20.